The van der Waals surface area contributed by atoms with Crippen LogP contribution in [0.1, 0.15) is 37.9 Å². The van der Waals surface area contributed by atoms with E-state index in [1.165, 1.54) is 31.4 Å². The first-order valence-corrected chi connectivity index (χ1v) is 12.8. The third-order valence-electron chi connectivity index (χ3n) is 5.70. The van der Waals surface area contributed by atoms with Gasteiger partial charge in [0, 0.05) is 12.3 Å². The van der Waals surface area contributed by atoms with Crippen LogP contribution in [0.3, 0.4) is 0 Å². The fourth-order valence-electron chi connectivity index (χ4n) is 4.08. The summed E-state index contributed by atoms with van der Waals surface area (Å²) >= 11 is 0. The number of hydrogen-bond donors (Lipinski definition) is 0. The first-order chi connectivity index (χ1) is 17.1. The van der Waals surface area contributed by atoms with Gasteiger partial charge in [-0.15, -0.1) is 0 Å². The van der Waals surface area contributed by atoms with Gasteiger partial charge in [-0.25, -0.2) is 8.42 Å². The standard InChI is InChI=1S/C25H22N2O8S/c1-34-21-12-11-17(13-22(21)35-14-16-7-4-3-5-8-16)20(15-36(2,32)33)26-24(28)18-9-6-10-19(27(30)31)23(18)25(26)29/h3-13,20H,14-15H2,1-2H3. The Kier molecular flexibility index (Phi) is 6.75. The van der Waals surface area contributed by atoms with Crippen LogP contribution in [-0.2, 0) is 16.4 Å². The lowest BCUT2D eigenvalue weighted by Gasteiger charge is -2.26. The van der Waals surface area contributed by atoms with Crippen molar-refractivity contribution in [3.63, 3.8) is 0 Å². The smallest absolute Gasteiger partial charge is 0.282 e. The molecule has 11 heteroatoms. The molecule has 1 unspecified atom stereocenters. The molecule has 0 saturated heterocycles. The van der Waals surface area contributed by atoms with Crippen molar-refractivity contribution in [1.82, 2.24) is 4.90 Å². The lowest BCUT2D eigenvalue weighted by atomic mass is 10.1. The largest absolute Gasteiger partial charge is 0.493 e. The molecule has 4 rings (SSSR count). The maximum Gasteiger partial charge on any atom is 0.282 e. The second-order valence-corrected chi connectivity index (χ2v) is 10.4. The first kappa shape index (κ1) is 24.9. The number of fused-ring (bicyclic) bond motifs is 1. The van der Waals surface area contributed by atoms with E-state index in [0.717, 1.165) is 22.8 Å². The predicted octanol–water partition coefficient (Wildman–Crippen LogP) is 3.56. The van der Waals surface area contributed by atoms with Gasteiger partial charge in [0.25, 0.3) is 17.5 Å². The molecule has 0 N–H and O–H groups in total. The summed E-state index contributed by atoms with van der Waals surface area (Å²) in [7, 11) is -2.26. The Morgan fingerprint density at radius 1 is 0.972 bits per heavy atom. The van der Waals surface area contributed by atoms with Crippen LogP contribution in [0.25, 0.3) is 0 Å². The molecular weight excluding hydrogens is 488 g/mol. The summed E-state index contributed by atoms with van der Waals surface area (Å²) in [5.41, 5.74) is 0.140. The van der Waals surface area contributed by atoms with Crippen LogP contribution in [0, 0.1) is 10.1 Å². The van der Waals surface area contributed by atoms with E-state index in [2.05, 4.69) is 0 Å². The third-order valence-corrected chi connectivity index (χ3v) is 6.62. The molecule has 1 atom stereocenters. The monoisotopic (exact) mass is 510 g/mol. The number of sulfone groups is 1. The highest BCUT2D eigenvalue weighted by atomic mass is 32.2. The zero-order chi connectivity index (χ0) is 26.0. The number of methoxy groups -OCH3 is 1. The molecule has 1 aliphatic heterocycles. The molecule has 0 aliphatic carbocycles. The van der Waals surface area contributed by atoms with E-state index in [-0.39, 0.29) is 23.5 Å². The fraction of sp³-hybridized carbons (Fsp3) is 0.200. The highest BCUT2D eigenvalue weighted by molar-refractivity contribution is 7.90. The van der Waals surface area contributed by atoms with Crippen LogP contribution in [0.4, 0.5) is 5.69 Å². The van der Waals surface area contributed by atoms with E-state index in [0.29, 0.717) is 11.3 Å². The number of benzene rings is 3. The summed E-state index contributed by atoms with van der Waals surface area (Å²) in [6, 6.07) is 16.4. The molecule has 0 saturated carbocycles. The Labute approximate surface area is 207 Å². The number of nitro benzene ring substituents is 1. The van der Waals surface area contributed by atoms with Crippen LogP contribution in [0.5, 0.6) is 11.5 Å². The van der Waals surface area contributed by atoms with Crippen molar-refractivity contribution in [2.24, 2.45) is 0 Å². The summed E-state index contributed by atoms with van der Waals surface area (Å²) in [6.07, 6.45) is 0.983. The van der Waals surface area contributed by atoms with E-state index >= 15 is 0 Å². The average Bonchev–Trinajstić information content (AvgIpc) is 3.11. The lowest BCUT2D eigenvalue weighted by molar-refractivity contribution is -0.385. The predicted molar refractivity (Wildman–Crippen MR) is 130 cm³/mol. The van der Waals surface area contributed by atoms with Crippen molar-refractivity contribution in [1.29, 1.82) is 0 Å². The van der Waals surface area contributed by atoms with E-state index in [9.17, 15) is 28.1 Å². The lowest BCUT2D eigenvalue weighted by Crippen LogP contribution is -2.37. The second kappa shape index (κ2) is 9.78. The summed E-state index contributed by atoms with van der Waals surface area (Å²) in [6.45, 7) is 0.191. The molecule has 1 aliphatic rings. The van der Waals surface area contributed by atoms with Gasteiger partial charge in [-0.3, -0.25) is 24.6 Å². The van der Waals surface area contributed by atoms with Crippen LogP contribution < -0.4 is 9.47 Å². The van der Waals surface area contributed by atoms with Crippen molar-refractivity contribution in [2.75, 3.05) is 19.1 Å². The van der Waals surface area contributed by atoms with Crippen LogP contribution in [-0.4, -0.2) is 49.2 Å². The molecular formula is C25H22N2O8S. The van der Waals surface area contributed by atoms with Gasteiger partial charge in [0.15, 0.2) is 11.5 Å². The number of carbonyl (C=O) groups is 2. The van der Waals surface area contributed by atoms with Crippen LogP contribution in [0.2, 0.25) is 0 Å². The molecule has 3 aromatic carbocycles. The second-order valence-electron chi connectivity index (χ2n) is 8.23. The normalized spacial score (nSPS) is 13.9. The van der Waals surface area contributed by atoms with Crippen molar-refractivity contribution in [2.45, 2.75) is 12.6 Å². The van der Waals surface area contributed by atoms with E-state index in [1.54, 1.807) is 6.07 Å². The molecule has 3 aromatic rings. The maximum absolute atomic E-state index is 13.3. The Bertz CT molecular complexity index is 1450. The average molecular weight is 511 g/mol. The van der Waals surface area contributed by atoms with Gasteiger partial charge in [0.1, 0.15) is 22.0 Å². The summed E-state index contributed by atoms with van der Waals surface area (Å²) in [4.78, 5) is 38.0. The molecule has 0 aromatic heterocycles. The van der Waals surface area contributed by atoms with E-state index in [4.69, 9.17) is 9.47 Å². The van der Waals surface area contributed by atoms with Gasteiger partial charge < -0.3 is 9.47 Å². The molecule has 0 fully saturated rings. The zero-order valence-corrected chi connectivity index (χ0v) is 20.2. The Morgan fingerprint density at radius 3 is 2.33 bits per heavy atom. The number of nitro groups is 1. The third kappa shape index (κ3) is 4.91. The number of nitrogens with zero attached hydrogens (tertiary/aromatic N) is 2. The minimum Gasteiger partial charge on any atom is -0.493 e. The van der Waals surface area contributed by atoms with E-state index in [1.807, 2.05) is 30.3 Å². The zero-order valence-electron chi connectivity index (χ0n) is 19.4. The Balaban J connectivity index is 1.76. The SMILES string of the molecule is COc1ccc(C(CS(C)(=O)=O)N2C(=O)c3cccc([N+](=O)[O-])c3C2=O)cc1OCc1ccccc1. The minimum absolute atomic E-state index is 0.151. The quantitative estimate of drug-likeness (QED) is 0.242. The van der Waals surface area contributed by atoms with Gasteiger partial charge in [-0.2, -0.15) is 0 Å². The van der Waals surface area contributed by atoms with Gasteiger partial charge >= 0.3 is 0 Å². The molecule has 186 valence electrons. The number of hydrogen-bond acceptors (Lipinski definition) is 8. The van der Waals surface area contributed by atoms with Gasteiger partial charge in [0.05, 0.1) is 29.4 Å². The molecule has 36 heavy (non-hydrogen) atoms. The summed E-state index contributed by atoms with van der Waals surface area (Å²) in [5.74, 6) is -1.68. The molecule has 2 amide bonds. The topological polar surface area (TPSA) is 133 Å². The molecule has 1 heterocycles. The first-order valence-electron chi connectivity index (χ1n) is 10.8. The number of imide groups is 1. The highest BCUT2D eigenvalue weighted by Gasteiger charge is 2.45. The summed E-state index contributed by atoms with van der Waals surface area (Å²) < 4.78 is 36.0. The number of carbonyl (C=O) groups excluding carboxylic acids is 2. The van der Waals surface area contributed by atoms with Crippen molar-refractivity contribution in [3.05, 3.63) is 99.1 Å². The Hall–Kier alpha value is -4.25. The van der Waals surface area contributed by atoms with Crippen molar-refractivity contribution >= 4 is 27.3 Å². The molecule has 0 spiro atoms. The number of amides is 2. The van der Waals surface area contributed by atoms with Crippen molar-refractivity contribution in [3.8, 4) is 11.5 Å². The van der Waals surface area contributed by atoms with Crippen molar-refractivity contribution < 1.29 is 32.4 Å². The number of rotatable bonds is 9. The summed E-state index contributed by atoms with van der Waals surface area (Å²) in [5, 5.41) is 11.5. The van der Waals surface area contributed by atoms with E-state index < -0.39 is 44.1 Å². The molecule has 10 nitrogen and oxygen atoms in total. The maximum atomic E-state index is 13.3. The number of ether oxygens (including phenoxy) is 2. The molecule has 0 radical (unpaired) electrons. The fourth-order valence-corrected chi connectivity index (χ4v) is 4.99. The van der Waals surface area contributed by atoms with Gasteiger partial charge in [-0.1, -0.05) is 42.5 Å². The Morgan fingerprint density at radius 2 is 1.69 bits per heavy atom. The highest BCUT2D eigenvalue weighted by Crippen LogP contribution is 2.39. The van der Waals surface area contributed by atoms with Crippen LogP contribution in [0.15, 0.2) is 66.7 Å². The van der Waals surface area contributed by atoms with Gasteiger partial charge in [0.2, 0.25) is 0 Å². The van der Waals surface area contributed by atoms with Crippen LogP contribution >= 0.6 is 0 Å². The van der Waals surface area contributed by atoms with Gasteiger partial charge in [-0.05, 0) is 29.3 Å². The molecule has 0 bridgehead atoms. The minimum atomic E-state index is -3.71.